The molecular formula is C4H3BrCl2MgS. The molecule has 0 unspecified atom stereocenters. The molecule has 1 aromatic rings. The van der Waals surface area contributed by atoms with E-state index in [1.165, 1.54) is 3.79 Å². The Labute approximate surface area is 95.5 Å². The van der Waals surface area contributed by atoms with Crippen molar-refractivity contribution in [2.24, 2.45) is 0 Å². The summed E-state index contributed by atoms with van der Waals surface area (Å²) in [4.78, 5) is 0. The van der Waals surface area contributed by atoms with Crippen molar-refractivity contribution < 1.29 is 24.8 Å². The van der Waals surface area contributed by atoms with Crippen molar-refractivity contribution in [2.75, 3.05) is 0 Å². The molecule has 0 N–H and O–H groups in total. The van der Waals surface area contributed by atoms with Gasteiger partial charge in [-0.05, 0) is 27.4 Å². The van der Waals surface area contributed by atoms with Gasteiger partial charge in [-0.3, -0.25) is 0 Å². The molecule has 5 heteroatoms. The van der Waals surface area contributed by atoms with E-state index >= 15 is 0 Å². The molecule has 48 valence electrons. The minimum atomic E-state index is 0. The van der Waals surface area contributed by atoms with Gasteiger partial charge in [-0.2, -0.15) is 0 Å². The number of hydrogen-bond acceptors (Lipinski definition) is 1. The molecule has 9 heavy (non-hydrogen) atoms. The average Bonchev–Trinajstić information content (AvgIpc) is 1.86. The van der Waals surface area contributed by atoms with Crippen molar-refractivity contribution in [1.29, 1.82) is 0 Å². The van der Waals surface area contributed by atoms with E-state index in [9.17, 15) is 0 Å². The monoisotopic (exact) mass is 256 g/mol. The normalized spacial score (nSPS) is 5.89. The Bertz CT molecular complexity index is 122. The molecule has 0 amide bonds. The fourth-order valence-electron chi connectivity index (χ4n) is 0.259. The Morgan fingerprint density at radius 1 is 1.33 bits per heavy atom. The summed E-state index contributed by atoms with van der Waals surface area (Å²) in [7, 11) is 0. The Morgan fingerprint density at radius 3 is 2.00 bits per heavy atom. The Hall–Kier alpha value is 1.53. The number of halogens is 3. The summed E-state index contributed by atoms with van der Waals surface area (Å²) in [5, 5.41) is 2.03. The summed E-state index contributed by atoms with van der Waals surface area (Å²) in [5.74, 6) is 0. The molecule has 0 aliphatic rings. The van der Waals surface area contributed by atoms with Crippen LogP contribution in [0.25, 0.3) is 0 Å². The summed E-state index contributed by atoms with van der Waals surface area (Å²) in [5.41, 5.74) is 0. The Balaban J connectivity index is -0.000000120. The molecule has 0 fully saturated rings. The predicted octanol–water partition coefficient (Wildman–Crippen LogP) is -3.86. The Morgan fingerprint density at radius 2 is 1.89 bits per heavy atom. The summed E-state index contributed by atoms with van der Waals surface area (Å²) < 4.78 is 1.20. The predicted molar refractivity (Wildman–Crippen MR) is 37.8 cm³/mol. The van der Waals surface area contributed by atoms with Gasteiger partial charge in [0.15, 0.2) is 0 Å². The molecule has 1 rings (SSSR count). The zero-order valence-corrected chi connectivity index (χ0v) is 9.81. The van der Waals surface area contributed by atoms with Crippen LogP contribution in [0.3, 0.4) is 0 Å². The molecule has 0 aliphatic heterocycles. The Kier molecular flexibility index (Phi) is 17.9. The van der Waals surface area contributed by atoms with Gasteiger partial charge in [-0.15, -0.1) is 11.3 Å². The van der Waals surface area contributed by atoms with Crippen LogP contribution < -0.4 is 24.8 Å². The first-order chi connectivity index (χ1) is 2.89. The van der Waals surface area contributed by atoms with Crippen LogP contribution >= 0.6 is 27.3 Å². The maximum absolute atomic E-state index is 3.30. The molecule has 1 aromatic heterocycles. The van der Waals surface area contributed by atoms with E-state index in [-0.39, 0.29) is 47.9 Å². The van der Waals surface area contributed by atoms with E-state index in [0.29, 0.717) is 0 Å². The fraction of sp³-hybridized carbons (Fsp3) is 0. The van der Waals surface area contributed by atoms with E-state index in [0.717, 1.165) is 0 Å². The van der Waals surface area contributed by atoms with Crippen LogP contribution in [0.15, 0.2) is 21.3 Å². The second-order valence-electron chi connectivity index (χ2n) is 0.917. The van der Waals surface area contributed by atoms with E-state index in [1.54, 1.807) is 11.3 Å². The van der Waals surface area contributed by atoms with Crippen molar-refractivity contribution in [3.63, 3.8) is 0 Å². The first-order valence-electron chi connectivity index (χ1n) is 1.58. The number of rotatable bonds is 0. The van der Waals surface area contributed by atoms with Crippen LogP contribution in [-0.2, 0) is 0 Å². The molecule has 1 heterocycles. The zero-order valence-electron chi connectivity index (χ0n) is 4.48. The quantitative estimate of drug-likeness (QED) is 0.418. The topological polar surface area (TPSA) is 0 Å². The molecule has 0 nitrogen and oxygen atoms in total. The molecule has 0 aliphatic carbocycles. The molecule has 0 spiro atoms. The second-order valence-corrected chi connectivity index (χ2v) is 3.24. The van der Waals surface area contributed by atoms with Crippen LogP contribution in [0.4, 0.5) is 0 Å². The fourth-order valence-corrected chi connectivity index (χ4v) is 1.18. The van der Waals surface area contributed by atoms with Crippen LogP contribution in [0, 0.1) is 0 Å². The van der Waals surface area contributed by atoms with Crippen LogP contribution in [0.1, 0.15) is 0 Å². The number of hydrogen-bond donors (Lipinski definition) is 0. The first kappa shape index (κ1) is 16.9. The third kappa shape index (κ3) is 7.42. The average molecular weight is 258 g/mol. The molecule has 0 saturated carbocycles. The van der Waals surface area contributed by atoms with Crippen molar-refractivity contribution in [3.8, 4) is 0 Å². The first-order valence-corrected chi connectivity index (χ1v) is 3.26. The van der Waals surface area contributed by atoms with Gasteiger partial charge >= 0.3 is 23.1 Å². The van der Waals surface area contributed by atoms with Gasteiger partial charge in [-0.1, -0.05) is 6.07 Å². The maximum atomic E-state index is 3.30. The third-order valence-corrected chi connectivity index (χ3v) is 1.97. The summed E-state index contributed by atoms with van der Waals surface area (Å²) >= 11 is 4.99. The number of thiophene rings is 1. The van der Waals surface area contributed by atoms with Gasteiger partial charge in [0.25, 0.3) is 0 Å². The van der Waals surface area contributed by atoms with E-state index in [2.05, 4.69) is 15.9 Å². The summed E-state index contributed by atoms with van der Waals surface area (Å²) in [6, 6.07) is 4.03. The van der Waals surface area contributed by atoms with Gasteiger partial charge in [-0.25, -0.2) is 0 Å². The molecule has 0 atom stereocenters. The van der Waals surface area contributed by atoms with Crippen LogP contribution in [0.5, 0.6) is 0 Å². The van der Waals surface area contributed by atoms with Crippen LogP contribution in [-0.4, -0.2) is 23.1 Å². The zero-order chi connectivity index (χ0) is 4.41. The molecule has 0 saturated heterocycles. The van der Waals surface area contributed by atoms with Gasteiger partial charge in [0.2, 0.25) is 0 Å². The molecule has 0 aromatic carbocycles. The molecular weight excluding hydrogens is 255 g/mol. The van der Waals surface area contributed by atoms with Gasteiger partial charge in [0, 0.05) is 0 Å². The minimum absolute atomic E-state index is 0. The van der Waals surface area contributed by atoms with Crippen LogP contribution in [0.2, 0.25) is 0 Å². The summed E-state index contributed by atoms with van der Waals surface area (Å²) in [6.07, 6.45) is 0. The van der Waals surface area contributed by atoms with Gasteiger partial charge in [0.05, 0.1) is 3.79 Å². The molecule has 0 radical (unpaired) electrons. The van der Waals surface area contributed by atoms with E-state index in [1.807, 2.05) is 17.5 Å². The standard InChI is InChI=1S/C4H3BrS.2ClH.Mg/c5-4-2-1-3-6-4;;;/h1-3H;2*1H;/q;;;+2/p-2. The van der Waals surface area contributed by atoms with Crippen molar-refractivity contribution in [1.82, 2.24) is 0 Å². The SMILES string of the molecule is Brc1cccs1.[Cl-].[Cl-].[Mg+2]. The third-order valence-electron chi connectivity index (χ3n) is 0.486. The van der Waals surface area contributed by atoms with Crippen molar-refractivity contribution in [2.45, 2.75) is 0 Å². The summed E-state index contributed by atoms with van der Waals surface area (Å²) in [6.45, 7) is 0. The largest absolute Gasteiger partial charge is 2.00 e. The van der Waals surface area contributed by atoms with Gasteiger partial charge < -0.3 is 24.8 Å². The second kappa shape index (κ2) is 9.53. The molecule has 0 bridgehead atoms. The van der Waals surface area contributed by atoms with Gasteiger partial charge in [0.1, 0.15) is 0 Å². The van der Waals surface area contributed by atoms with E-state index in [4.69, 9.17) is 0 Å². The minimum Gasteiger partial charge on any atom is -1.00 e. The van der Waals surface area contributed by atoms with E-state index < -0.39 is 0 Å². The smallest absolute Gasteiger partial charge is 1.00 e. The van der Waals surface area contributed by atoms with Crippen molar-refractivity contribution in [3.05, 3.63) is 21.3 Å². The maximum Gasteiger partial charge on any atom is 2.00 e. The van der Waals surface area contributed by atoms with Crippen molar-refractivity contribution >= 4 is 50.3 Å².